The highest BCUT2D eigenvalue weighted by Gasteiger charge is 2.20. The topological polar surface area (TPSA) is 114 Å². The summed E-state index contributed by atoms with van der Waals surface area (Å²) in [5.74, 6) is 1.10. The third-order valence-corrected chi connectivity index (χ3v) is 4.34. The zero-order valence-corrected chi connectivity index (χ0v) is 16.4. The van der Waals surface area contributed by atoms with Gasteiger partial charge in [0.05, 0.1) is 6.54 Å². The summed E-state index contributed by atoms with van der Waals surface area (Å²) in [7, 11) is 1.54. The summed E-state index contributed by atoms with van der Waals surface area (Å²) in [6, 6.07) is 7.59. The van der Waals surface area contributed by atoms with Gasteiger partial charge in [-0.25, -0.2) is 4.79 Å². The van der Waals surface area contributed by atoms with Crippen LogP contribution in [0.2, 0.25) is 0 Å². The number of nitrogens with zero attached hydrogens (tertiary/aromatic N) is 3. The van der Waals surface area contributed by atoms with Gasteiger partial charge in [-0.3, -0.25) is 14.3 Å². The Kier molecular flexibility index (Phi) is 5.55. The lowest BCUT2D eigenvalue weighted by atomic mass is 10.2. The van der Waals surface area contributed by atoms with Crippen molar-refractivity contribution in [2.24, 2.45) is 7.05 Å². The largest absolute Gasteiger partial charge is 0.491 e. The molecule has 28 heavy (non-hydrogen) atoms. The van der Waals surface area contributed by atoms with Crippen LogP contribution in [0.25, 0.3) is 11.2 Å². The number of aryl methyl sites for hydroxylation is 2. The van der Waals surface area contributed by atoms with Gasteiger partial charge in [0.15, 0.2) is 11.2 Å². The van der Waals surface area contributed by atoms with Gasteiger partial charge in [-0.15, -0.1) is 0 Å². The lowest BCUT2D eigenvalue weighted by Crippen LogP contribution is -2.31. The molecule has 9 nitrogen and oxygen atoms in total. The first-order chi connectivity index (χ1) is 13.3. The van der Waals surface area contributed by atoms with Crippen LogP contribution in [-0.4, -0.2) is 43.0 Å². The number of aliphatic hydroxyl groups is 1. The van der Waals surface area contributed by atoms with E-state index in [9.17, 15) is 14.7 Å². The summed E-state index contributed by atoms with van der Waals surface area (Å²) >= 11 is 0. The van der Waals surface area contributed by atoms with Crippen molar-refractivity contribution in [3.8, 4) is 5.75 Å². The molecule has 1 aromatic carbocycles. The normalized spacial score (nSPS) is 12.5. The molecule has 0 bridgehead atoms. The van der Waals surface area contributed by atoms with E-state index in [1.54, 1.807) is 4.57 Å². The van der Waals surface area contributed by atoms with E-state index in [-0.39, 0.29) is 30.4 Å². The smallest absolute Gasteiger partial charge is 0.329 e. The van der Waals surface area contributed by atoms with E-state index in [1.807, 2.05) is 45.0 Å². The first-order valence-corrected chi connectivity index (χ1v) is 9.10. The Hall–Kier alpha value is -3.07. The van der Waals surface area contributed by atoms with E-state index >= 15 is 0 Å². The van der Waals surface area contributed by atoms with Crippen LogP contribution in [0.3, 0.4) is 0 Å². The highest BCUT2D eigenvalue weighted by Crippen LogP contribution is 2.19. The number of aromatic amines is 1. The SMILES string of the molecule is Cc1ccccc1OC[C@H](O)Cn1c(NC(C)C)nc2c1c(=O)[nH]c(=O)n2C. The van der Waals surface area contributed by atoms with Gasteiger partial charge in [-0.1, -0.05) is 18.2 Å². The fraction of sp³-hybridized carbons (Fsp3) is 0.421. The second kappa shape index (κ2) is 7.89. The molecule has 0 aliphatic carbocycles. The molecule has 2 aromatic heterocycles. The van der Waals surface area contributed by atoms with Crippen LogP contribution in [0.1, 0.15) is 19.4 Å². The average Bonchev–Trinajstić information content (AvgIpc) is 2.97. The number of rotatable bonds is 7. The van der Waals surface area contributed by atoms with Gasteiger partial charge in [0, 0.05) is 13.1 Å². The van der Waals surface area contributed by atoms with Gasteiger partial charge in [-0.2, -0.15) is 4.98 Å². The number of H-pyrrole nitrogens is 1. The van der Waals surface area contributed by atoms with Crippen molar-refractivity contribution in [1.29, 1.82) is 0 Å². The number of aliphatic hydroxyl groups excluding tert-OH is 1. The summed E-state index contributed by atoms with van der Waals surface area (Å²) in [5, 5.41) is 13.7. The predicted molar refractivity (Wildman–Crippen MR) is 107 cm³/mol. The van der Waals surface area contributed by atoms with Crippen LogP contribution in [0.5, 0.6) is 5.75 Å². The molecule has 3 rings (SSSR count). The molecule has 2 heterocycles. The van der Waals surface area contributed by atoms with Gasteiger partial charge >= 0.3 is 5.69 Å². The third-order valence-electron chi connectivity index (χ3n) is 4.34. The Morgan fingerprint density at radius 1 is 1.29 bits per heavy atom. The Labute approximate surface area is 161 Å². The Balaban J connectivity index is 1.92. The lowest BCUT2D eigenvalue weighted by molar-refractivity contribution is 0.0935. The molecule has 0 radical (unpaired) electrons. The maximum Gasteiger partial charge on any atom is 0.329 e. The maximum absolute atomic E-state index is 12.4. The molecule has 0 spiro atoms. The van der Waals surface area contributed by atoms with Gasteiger partial charge in [0.1, 0.15) is 18.5 Å². The molecule has 0 saturated heterocycles. The minimum atomic E-state index is -0.888. The molecule has 0 amide bonds. The fourth-order valence-electron chi connectivity index (χ4n) is 2.95. The van der Waals surface area contributed by atoms with Crippen molar-refractivity contribution in [1.82, 2.24) is 19.1 Å². The van der Waals surface area contributed by atoms with E-state index in [2.05, 4.69) is 15.3 Å². The van der Waals surface area contributed by atoms with E-state index < -0.39 is 17.4 Å². The Morgan fingerprint density at radius 3 is 2.68 bits per heavy atom. The van der Waals surface area contributed by atoms with Gasteiger partial charge < -0.3 is 19.7 Å². The molecule has 9 heteroatoms. The molecule has 3 N–H and O–H groups in total. The summed E-state index contributed by atoms with van der Waals surface area (Å²) in [6.07, 6.45) is -0.888. The van der Waals surface area contributed by atoms with Crippen LogP contribution in [0.4, 0.5) is 5.95 Å². The zero-order chi connectivity index (χ0) is 20.4. The molecule has 1 atom stereocenters. The molecule has 3 aromatic rings. The van der Waals surface area contributed by atoms with E-state index in [1.165, 1.54) is 11.6 Å². The number of fused-ring (bicyclic) bond motifs is 1. The highest BCUT2D eigenvalue weighted by molar-refractivity contribution is 5.74. The van der Waals surface area contributed by atoms with Crippen LogP contribution >= 0.6 is 0 Å². The number of anilines is 1. The Morgan fingerprint density at radius 2 is 2.00 bits per heavy atom. The first kappa shape index (κ1) is 19.7. The summed E-state index contributed by atoms with van der Waals surface area (Å²) in [4.78, 5) is 31.0. The fourth-order valence-corrected chi connectivity index (χ4v) is 2.95. The number of hydrogen-bond acceptors (Lipinski definition) is 6. The minimum Gasteiger partial charge on any atom is -0.491 e. The van der Waals surface area contributed by atoms with Crippen molar-refractivity contribution >= 4 is 17.1 Å². The number of imidazole rings is 1. The highest BCUT2D eigenvalue weighted by atomic mass is 16.5. The number of ether oxygens (including phenoxy) is 1. The molecule has 0 saturated carbocycles. The molecule has 0 fully saturated rings. The number of hydrogen-bond donors (Lipinski definition) is 3. The quantitative estimate of drug-likeness (QED) is 0.557. The number of nitrogens with one attached hydrogen (secondary N) is 2. The van der Waals surface area contributed by atoms with E-state index in [0.717, 1.165) is 5.56 Å². The molecule has 150 valence electrons. The standard InChI is InChI=1S/C19H25N5O4/c1-11(2)20-18-21-16-15(17(26)22-19(27)23(16)4)24(18)9-13(25)10-28-14-8-6-5-7-12(14)3/h5-8,11,13,25H,9-10H2,1-4H3,(H,20,21)(H,22,26,27)/t13-/m1/s1. The van der Waals surface area contributed by atoms with Crippen LogP contribution in [0, 0.1) is 6.92 Å². The molecular weight excluding hydrogens is 362 g/mol. The maximum atomic E-state index is 12.4. The van der Waals surface area contributed by atoms with Crippen LogP contribution < -0.4 is 21.3 Å². The summed E-state index contributed by atoms with van der Waals surface area (Å²) in [6.45, 7) is 5.93. The van der Waals surface area contributed by atoms with Gasteiger partial charge in [-0.05, 0) is 32.4 Å². The second-order valence-electron chi connectivity index (χ2n) is 7.07. The molecular formula is C19H25N5O4. The number of aromatic nitrogens is 4. The monoisotopic (exact) mass is 387 g/mol. The first-order valence-electron chi connectivity index (χ1n) is 9.10. The zero-order valence-electron chi connectivity index (χ0n) is 16.4. The van der Waals surface area contributed by atoms with E-state index in [0.29, 0.717) is 11.7 Å². The lowest BCUT2D eigenvalue weighted by Gasteiger charge is -2.17. The summed E-state index contributed by atoms with van der Waals surface area (Å²) < 4.78 is 8.56. The van der Waals surface area contributed by atoms with Crippen molar-refractivity contribution in [3.63, 3.8) is 0 Å². The van der Waals surface area contributed by atoms with Crippen LogP contribution in [-0.2, 0) is 13.6 Å². The van der Waals surface area contributed by atoms with E-state index in [4.69, 9.17) is 4.74 Å². The Bertz CT molecular complexity index is 1100. The molecule has 0 unspecified atom stereocenters. The predicted octanol–water partition coefficient (Wildman–Crippen LogP) is 0.992. The number of benzene rings is 1. The molecule has 0 aliphatic rings. The summed E-state index contributed by atoms with van der Waals surface area (Å²) in [5.41, 5.74) is 0.358. The van der Waals surface area contributed by atoms with Crippen molar-refractivity contribution in [2.45, 2.75) is 39.5 Å². The van der Waals surface area contributed by atoms with Gasteiger partial charge in [0.2, 0.25) is 5.95 Å². The van der Waals surface area contributed by atoms with Crippen molar-refractivity contribution in [2.75, 3.05) is 11.9 Å². The van der Waals surface area contributed by atoms with Gasteiger partial charge in [0.25, 0.3) is 5.56 Å². The average molecular weight is 387 g/mol. The van der Waals surface area contributed by atoms with Crippen molar-refractivity contribution in [3.05, 3.63) is 50.7 Å². The number of para-hydroxylation sites is 1. The molecule has 0 aliphatic heterocycles. The van der Waals surface area contributed by atoms with Crippen LogP contribution in [0.15, 0.2) is 33.9 Å². The van der Waals surface area contributed by atoms with Crippen molar-refractivity contribution < 1.29 is 9.84 Å². The third kappa shape index (κ3) is 3.94. The second-order valence-corrected chi connectivity index (χ2v) is 7.07. The minimum absolute atomic E-state index is 0.0482.